The lowest BCUT2D eigenvalue weighted by molar-refractivity contribution is 0.294. The Bertz CT molecular complexity index is 813. The number of hydrogen-bond donors (Lipinski definition) is 2. The molecule has 1 fully saturated rings. The first-order valence-electron chi connectivity index (χ1n) is 12.2. The highest BCUT2D eigenvalue weighted by Crippen LogP contribution is 2.31. The zero-order valence-electron chi connectivity index (χ0n) is 21.2. The topological polar surface area (TPSA) is 38.0 Å². The number of nitrogens with two attached hydrogens (primary N) is 1. The Hall–Kier alpha value is -2.16. The Morgan fingerprint density at radius 2 is 1.53 bits per heavy atom. The number of hydrogen-bond acceptors (Lipinski definition) is 2. The second-order valence-corrected chi connectivity index (χ2v) is 8.86. The highest BCUT2D eigenvalue weighted by molar-refractivity contribution is 5.58. The smallest absolute Gasteiger partial charge is 0.0208 e. The normalized spacial score (nSPS) is 14.7. The van der Waals surface area contributed by atoms with E-state index in [0.717, 1.165) is 19.5 Å². The number of rotatable bonds is 6. The second-order valence-electron chi connectivity index (χ2n) is 8.86. The minimum Gasteiger partial charge on any atom is -0.325 e. The molecule has 0 saturated heterocycles. The van der Waals surface area contributed by atoms with Gasteiger partial charge in [-0.3, -0.25) is 0 Å². The van der Waals surface area contributed by atoms with E-state index in [0.29, 0.717) is 0 Å². The van der Waals surface area contributed by atoms with E-state index in [-0.39, 0.29) is 5.54 Å². The minimum absolute atomic E-state index is 0.0301. The van der Waals surface area contributed by atoms with Crippen molar-refractivity contribution in [2.24, 2.45) is 5.73 Å². The molecule has 0 heterocycles. The summed E-state index contributed by atoms with van der Waals surface area (Å²) in [5.41, 5.74) is 13.5. The lowest BCUT2D eigenvalue weighted by Crippen LogP contribution is -2.43. The lowest BCUT2D eigenvalue weighted by Gasteiger charge is -2.34. The first-order valence-corrected chi connectivity index (χ1v) is 12.2. The first kappa shape index (κ1) is 27.9. The van der Waals surface area contributed by atoms with Crippen LogP contribution in [-0.4, -0.2) is 12.1 Å². The summed E-state index contributed by atoms with van der Waals surface area (Å²) in [4.78, 5) is 0. The summed E-state index contributed by atoms with van der Waals surface area (Å²) in [6.45, 7) is 15.8. The van der Waals surface area contributed by atoms with E-state index in [1.807, 2.05) is 6.92 Å². The van der Waals surface area contributed by atoms with E-state index < -0.39 is 0 Å². The summed E-state index contributed by atoms with van der Waals surface area (Å²) in [6.07, 6.45) is 13.4. The van der Waals surface area contributed by atoms with Crippen LogP contribution >= 0.6 is 0 Å². The lowest BCUT2D eigenvalue weighted by atomic mass is 9.77. The van der Waals surface area contributed by atoms with Gasteiger partial charge in [0.15, 0.2) is 0 Å². The third-order valence-corrected chi connectivity index (χ3v) is 5.97. The molecule has 1 aliphatic rings. The van der Waals surface area contributed by atoms with Gasteiger partial charge in [-0.1, -0.05) is 86.9 Å². The van der Waals surface area contributed by atoms with Crippen LogP contribution in [0.5, 0.6) is 0 Å². The molecule has 3 rings (SSSR count). The Kier molecular flexibility index (Phi) is 13.6. The third kappa shape index (κ3) is 9.97. The molecule has 3 N–H and O–H groups in total. The standard InChI is InChI=1S/C17H25N.C10H15N.C3H6/c1-3-8-16-14(2)9-7-10-15(16)13-17(18)11-5-4-6-12-17;1-3-11-8-10-7-5-4-6-9(10)2;1-3-2/h3,7-10H,4-6,11-13,18H2,1-2H3;4-7,11H,3,8H2,1-2H3;3H,1H2,2H3/b8-3-;;. The zero-order chi connectivity index (χ0) is 23.8. The molecule has 176 valence electrons. The van der Waals surface area contributed by atoms with Crippen molar-refractivity contribution in [1.29, 1.82) is 0 Å². The van der Waals surface area contributed by atoms with E-state index >= 15 is 0 Å². The Morgan fingerprint density at radius 1 is 0.938 bits per heavy atom. The maximum Gasteiger partial charge on any atom is 0.0208 e. The van der Waals surface area contributed by atoms with Gasteiger partial charge in [0.05, 0.1) is 0 Å². The van der Waals surface area contributed by atoms with Gasteiger partial charge in [0.1, 0.15) is 0 Å². The van der Waals surface area contributed by atoms with Gasteiger partial charge in [-0.15, -0.1) is 6.58 Å². The summed E-state index contributed by atoms with van der Waals surface area (Å²) >= 11 is 0. The summed E-state index contributed by atoms with van der Waals surface area (Å²) in [5, 5.41) is 3.31. The number of benzene rings is 2. The largest absolute Gasteiger partial charge is 0.325 e. The molecule has 2 nitrogen and oxygen atoms in total. The fraction of sp³-hybridized carbons (Fsp3) is 0.467. The van der Waals surface area contributed by atoms with Gasteiger partial charge in [0.25, 0.3) is 0 Å². The molecule has 1 aliphatic carbocycles. The Labute approximate surface area is 198 Å². The molecule has 0 unspecified atom stereocenters. The van der Waals surface area contributed by atoms with E-state index in [2.05, 4.69) is 94.2 Å². The van der Waals surface area contributed by atoms with Crippen LogP contribution in [0.4, 0.5) is 0 Å². The molecule has 2 aromatic rings. The second kappa shape index (κ2) is 15.6. The van der Waals surface area contributed by atoms with Gasteiger partial charge >= 0.3 is 0 Å². The van der Waals surface area contributed by atoms with E-state index in [9.17, 15) is 0 Å². The number of allylic oxidation sites excluding steroid dienone is 2. The van der Waals surface area contributed by atoms with E-state index in [1.165, 1.54) is 59.9 Å². The monoisotopic (exact) mass is 434 g/mol. The highest BCUT2D eigenvalue weighted by Gasteiger charge is 2.28. The van der Waals surface area contributed by atoms with E-state index in [4.69, 9.17) is 5.73 Å². The van der Waals surface area contributed by atoms with Crippen molar-refractivity contribution in [2.45, 2.75) is 85.2 Å². The van der Waals surface area contributed by atoms with Crippen LogP contribution in [0.25, 0.3) is 6.08 Å². The fourth-order valence-electron chi connectivity index (χ4n) is 4.18. The van der Waals surface area contributed by atoms with Crippen LogP contribution in [0.3, 0.4) is 0 Å². The zero-order valence-corrected chi connectivity index (χ0v) is 21.2. The predicted octanol–water partition coefficient (Wildman–Crippen LogP) is 7.53. The maximum atomic E-state index is 6.58. The molecule has 32 heavy (non-hydrogen) atoms. The van der Waals surface area contributed by atoms with Crippen molar-refractivity contribution in [3.05, 3.63) is 89.0 Å². The maximum absolute atomic E-state index is 6.58. The molecule has 2 aromatic carbocycles. The van der Waals surface area contributed by atoms with Gasteiger partial charge in [-0.05, 0) is 81.3 Å². The van der Waals surface area contributed by atoms with Crippen molar-refractivity contribution in [1.82, 2.24) is 5.32 Å². The van der Waals surface area contributed by atoms with Crippen molar-refractivity contribution in [3.8, 4) is 0 Å². The average Bonchev–Trinajstić information content (AvgIpc) is 2.77. The van der Waals surface area contributed by atoms with Crippen molar-refractivity contribution < 1.29 is 0 Å². The minimum atomic E-state index is 0.0301. The van der Waals surface area contributed by atoms with Crippen LogP contribution in [0.1, 0.15) is 80.7 Å². The van der Waals surface area contributed by atoms with Crippen LogP contribution < -0.4 is 11.1 Å². The highest BCUT2D eigenvalue weighted by atomic mass is 14.8. The molecule has 0 bridgehead atoms. The molecule has 0 amide bonds. The fourth-order valence-corrected chi connectivity index (χ4v) is 4.18. The van der Waals surface area contributed by atoms with Crippen molar-refractivity contribution >= 4 is 6.08 Å². The molecule has 0 aliphatic heterocycles. The molecule has 1 saturated carbocycles. The summed E-state index contributed by atoms with van der Waals surface area (Å²) < 4.78 is 0. The molecule has 0 radical (unpaired) electrons. The van der Waals surface area contributed by atoms with Crippen molar-refractivity contribution in [2.75, 3.05) is 6.54 Å². The van der Waals surface area contributed by atoms with Gasteiger partial charge in [0.2, 0.25) is 0 Å². The van der Waals surface area contributed by atoms with Gasteiger partial charge in [-0.25, -0.2) is 0 Å². The molecule has 0 aromatic heterocycles. The first-order chi connectivity index (χ1) is 15.4. The number of nitrogens with one attached hydrogen (secondary N) is 1. The van der Waals surface area contributed by atoms with Crippen LogP contribution in [-0.2, 0) is 13.0 Å². The predicted molar refractivity (Wildman–Crippen MR) is 144 cm³/mol. The molecular formula is C30H46N2. The van der Waals surface area contributed by atoms with Gasteiger partial charge in [0, 0.05) is 12.1 Å². The molecular weight excluding hydrogens is 388 g/mol. The summed E-state index contributed by atoms with van der Waals surface area (Å²) in [5.74, 6) is 0. The van der Waals surface area contributed by atoms with Crippen LogP contribution in [0.15, 0.2) is 61.2 Å². The molecule has 2 heteroatoms. The summed E-state index contributed by atoms with van der Waals surface area (Å²) in [7, 11) is 0. The Morgan fingerprint density at radius 3 is 2.12 bits per heavy atom. The quantitative estimate of drug-likeness (QED) is 0.461. The van der Waals surface area contributed by atoms with Crippen molar-refractivity contribution in [3.63, 3.8) is 0 Å². The number of aryl methyl sites for hydroxylation is 2. The average molecular weight is 435 g/mol. The van der Waals surface area contributed by atoms with Gasteiger partial charge in [-0.2, -0.15) is 0 Å². The molecule has 0 spiro atoms. The van der Waals surface area contributed by atoms with Crippen LogP contribution in [0, 0.1) is 13.8 Å². The SMILES string of the molecule is C/C=C\c1c(C)cccc1CC1(N)CCCCC1.C=CC.CCNCc1ccccc1C. The Balaban J connectivity index is 0.000000312. The summed E-state index contributed by atoms with van der Waals surface area (Å²) in [6, 6.07) is 15.0. The van der Waals surface area contributed by atoms with Crippen LogP contribution in [0.2, 0.25) is 0 Å². The molecule has 0 atom stereocenters. The van der Waals surface area contributed by atoms with E-state index in [1.54, 1.807) is 6.08 Å². The third-order valence-electron chi connectivity index (χ3n) is 5.97. The van der Waals surface area contributed by atoms with Gasteiger partial charge < -0.3 is 11.1 Å².